The van der Waals surface area contributed by atoms with Crippen LogP contribution in [0.3, 0.4) is 0 Å². The number of hydrogen-bond donors (Lipinski definition) is 0. The predicted molar refractivity (Wildman–Crippen MR) is 71.1 cm³/mol. The van der Waals surface area contributed by atoms with Crippen LogP contribution < -0.4 is 0 Å². The van der Waals surface area contributed by atoms with Crippen LogP contribution in [-0.4, -0.2) is 0 Å². The summed E-state index contributed by atoms with van der Waals surface area (Å²) in [5, 5.41) is 0. The second kappa shape index (κ2) is 7.77. The smallest absolute Gasteiger partial charge is 0.0275 e. The molecule has 0 aliphatic carbocycles. The molecule has 0 spiro atoms. The molecular weight excluding hydrogens is 192 g/mol. The van der Waals surface area contributed by atoms with Gasteiger partial charge in [-0.3, -0.25) is 0 Å². The van der Waals surface area contributed by atoms with Crippen molar-refractivity contribution in [2.45, 2.75) is 32.6 Å². The molecule has 0 saturated carbocycles. The first kappa shape index (κ1) is 12.6. The molecule has 0 aliphatic rings. The van der Waals surface area contributed by atoms with Crippen molar-refractivity contribution in [2.75, 3.05) is 0 Å². The van der Waals surface area contributed by atoms with Crippen molar-refractivity contribution in [1.82, 2.24) is 0 Å². The van der Waals surface area contributed by atoms with Gasteiger partial charge in [-0.15, -0.1) is 12.3 Å². The van der Waals surface area contributed by atoms with Gasteiger partial charge in [0.05, 0.1) is 0 Å². The summed E-state index contributed by atoms with van der Waals surface area (Å²) in [5.74, 6) is 3.21. The molecule has 0 amide bonds. The summed E-state index contributed by atoms with van der Waals surface area (Å²) in [5.41, 5.74) is 1.33. The lowest BCUT2D eigenvalue weighted by molar-refractivity contribution is 0.682. The van der Waals surface area contributed by atoms with Crippen LogP contribution in [0.2, 0.25) is 0 Å². The van der Waals surface area contributed by atoms with E-state index < -0.39 is 0 Å². The number of unbranched alkanes of at least 4 members (excludes halogenated alkanes) is 1. The van der Waals surface area contributed by atoms with Crippen LogP contribution >= 0.6 is 0 Å². The van der Waals surface area contributed by atoms with E-state index in [2.05, 4.69) is 49.3 Å². The van der Waals surface area contributed by atoms with Crippen LogP contribution in [0.5, 0.6) is 0 Å². The Labute approximate surface area is 99.4 Å². The summed E-state index contributed by atoms with van der Waals surface area (Å²) in [6.45, 7) is 2.19. The minimum atomic E-state index is 0.329. The molecule has 0 bridgehead atoms. The minimum absolute atomic E-state index is 0.329. The highest BCUT2D eigenvalue weighted by Gasteiger charge is 2.03. The Morgan fingerprint density at radius 2 is 2.00 bits per heavy atom. The maximum Gasteiger partial charge on any atom is 0.0275 e. The van der Waals surface area contributed by atoms with Crippen molar-refractivity contribution in [3.63, 3.8) is 0 Å². The molecule has 0 saturated heterocycles. The molecule has 0 heterocycles. The predicted octanol–water partition coefficient (Wildman–Crippen LogP) is 4.22. The van der Waals surface area contributed by atoms with Crippen LogP contribution in [0.4, 0.5) is 0 Å². The fraction of sp³-hybridized carbons (Fsp3) is 0.375. The fourth-order valence-corrected chi connectivity index (χ4v) is 1.65. The number of hydrogen-bond acceptors (Lipinski definition) is 0. The number of allylic oxidation sites excluding steroid dienone is 2. The van der Waals surface area contributed by atoms with Crippen LogP contribution in [0.15, 0.2) is 42.5 Å². The van der Waals surface area contributed by atoms with E-state index in [4.69, 9.17) is 6.42 Å². The van der Waals surface area contributed by atoms with Crippen molar-refractivity contribution in [3.05, 3.63) is 48.0 Å². The lowest BCUT2D eigenvalue weighted by atomic mass is 9.97. The average Bonchev–Trinajstić information content (AvgIpc) is 2.34. The Bertz CT molecular complexity index is 340. The normalized spacial score (nSPS) is 12.5. The van der Waals surface area contributed by atoms with Crippen LogP contribution in [0.25, 0.3) is 0 Å². The van der Waals surface area contributed by atoms with E-state index in [9.17, 15) is 0 Å². The molecule has 0 fully saturated rings. The first-order chi connectivity index (χ1) is 7.86. The molecule has 0 heteroatoms. The summed E-state index contributed by atoms with van der Waals surface area (Å²) >= 11 is 0. The minimum Gasteiger partial charge on any atom is -0.120 e. The second-order valence-corrected chi connectivity index (χ2v) is 4.05. The second-order valence-electron chi connectivity index (χ2n) is 4.05. The third kappa shape index (κ3) is 4.84. The van der Waals surface area contributed by atoms with Crippen LogP contribution in [0, 0.1) is 18.3 Å². The lowest BCUT2D eigenvalue weighted by Crippen LogP contribution is -2.00. The van der Waals surface area contributed by atoms with Crippen molar-refractivity contribution in [1.29, 1.82) is 0 Å². The van der Waals surface area contributed by atoms with Gasteiger partial charge in [0.1, 0.15) is 0 Å². The Balaban J connectivity index is 2.41. The maximum absolute atomic E-state index is 5.55. The molecule has 1 aromatic rings. The Kier molecular flexibility index (Phi) is 6.11. The van der Waals surface area contributed by atoms with Crippen molar-refractivity contribution >= 4 is 0 Å². The molecule has 1 unspecified atom stereocenters. The van der Waals surface area contributed by atoms with E-state index in [1.807, 2.05) is 6.07 Å². The molecule has 0 radical (unpaired) electrons. The highest BCUT2D eigenvalue weighted by Crippen LogP contribution is 2.12. The van der Waals surface area contributed by atoms with Gasteiger partial charge in [0.25, 0.3) is 0 Å². The summed E-state index contributed by atoms with van der Waals surface area (Å²) < 4.78 is 0. The largest absolute Gasteiger partial charge is 0.120 e. The summed E-state index contributed by atoms with van der Waals surface area (Å²) in [6, 6.07) is 10.4. The third-order valence-electron chi connectivity index (χ3n) is 2.60. The third-order valence-corrected chi connectivity index (χ3v) is 2.60. The average molecular weight is 212 g/mol. The van der Waals surface area contributed by atoms with Crippen molar-refractivity contribution < 1.29 is 0 Å². The molecule has 0 nitrogen and oxygen atoms in total. The summed E-state index contributed by atoms with van der Waals surface area (Å²) in [4.78, 5) is 0. The topological polar surface area (TPSA) is 0 Å². The Hall–Kier alpha value is -1.48. The molecule has 0 N–H and O–H groups in total. The first-order valence-corrected chi connectivity index (χ1v) is 6.02. The fourth-order valence-electron chi connectivity index (χ4n) is 1.65. The molecule has 1 atom stereocenters. The van der Waals surface area contributed by atoms with Gasteiger partial charge in [0, 0.05) is 5.92 Å². The van der Waals surface area contributed by atoms with Gasteiger partial charge in [-0.25, -0.2) is 0 Å². The van der Waals surface area contributed by atoms with E-state index in [0.717, 1.165) is 19.3 Å². The van der Waals surface area contributed by atoms with Gasteiger partial charge >= 0.3 is 0 Å². The number of terminal acetylenes is 1. The van der Waals surface area contributed by atoms with Crippen molar-refractivity contribution in [3.8, 4) is 12.3 Å². The SMILES string of the molecule is C#CC(C/C=C/CCC)Cc1ccccc1. The summed E-state index contributed by atoms with van der Waals surface area (Å²) in [6.07, 6.45) is 14.3. The van der Waals surface area contributed by atoms with E-state index in [0.29, 0.717) is 5.92 Å². The quantitative estimate of drug-likeness (QED) is 0.489. The van der Waals surface area contributed by atoms with E-state index in [1.54, 1.807) is 0 Å². The highest BCUT2D eigenvalue weighted by molar-refractivity contribution is 5.17. The van der Waals surface area contributed by atoms with Crippen LogP contribution in [0.1, 0.15) is 31.7 Å². The molecular formula is C16H20. The zero-order valence-corrected chi connectivity index (χ0v) is 10.0. The zero-order valence-electron chi connectivity index (χ0n) is 10.0. The van der Waals surface area contributed by atoms with Gasteiger partial charge in [0.15, 0.2) is 0 Å². The van der Waals surface area contributed by atoms with Gasteiger partial charge in [-0.1, -0.05) is 55.8 Å². The number of benzene rings is 1. The van der Waals surface area contributed by atoms with Crippen LogP contribution in [-0.2, 0) is 6.42 Å². The molecule has 0 aromatic heterocycles. The summed E-state index contributed by atoms with van der Waals surface area (Å²) in [7, 11) is 0. The maximum atomic E-state index is 5.55. The number of rotatable bonds is 6. The monoisotopic (exact) mass is 212 g/mol. The molecule has 1 aromatic carbocycles. The molecule has 16 heavy (non-hydrogen) atoms. The van der Waals surface area contributed by atoms with E-state index in [-0.39, 0.29) is 0 Å². The molecule has 1 rings (SSSR count). The molecule has 84 valence electrons. The van der Waals surface area contributed by atoms with Gasteiger partial charge in [0.2, 0.25) is 0 Å². The molecule has 0 aliphatic heterocycles. The standard InChI is InChI=1S/C16H20/c1-3-5-6-8-11-15(4-2)14-16-12-9-7-10-13-16/h2,6-10,12-13,15H,3,5,11,14H2,1H3/b8-6+. The van der Waals surface area contributed by atoms with Crippen molar-refractivity contribution in [2.24, 2.45) is 5.92 Å². The Morgan fingerprint density at radius 1 is 1.25 bits per heavy atom. The van der Waals surface area contributed by atoms with E-state index >= 15 is 0 Å². The highest BCUT2D eigenvalue weighted by atomic mass is 14.1. The van der Waals surface area contributed by atoms with Gasteiger partial charge in [-0.2, -0.15) is 0 Å². The first-order valence-electron chi connectivity index (χ1n) is 6.02. The van der Waals surface area contributed by atoms with E-state index in [1.165, 1.54) is 12.0 Å². The van der Waals surface area contributed by atoms with Gasteiger partial charge in [-0.05, 0) is 24.8 Å². The lowest BCUT2D eigenvalue weighted by Gasteiger charge is -2.07. The van der Waals surface area contributed by atoms with Gasteiger partial charge < -0.3 is 0 Å². The Morgan fingerprint density at radius 3 is 2.62 bits per heavy atom. The zero-order chi connectivity index (χ0) is 11.6.